The third-order valence-electron chi connectivity index (χ3n) is 5.23. The van der Waals surface area contributed by atoms with Gasteiger partial charge in [-0.05, 0) is 64.4 Å². The van der Waals surface area contributed by atoms with Gasteiger partial charge in [0.15, 0.2) is 0 Å². The molecule has 24 heavy (non-hydrogen) atoms. The maximum atomic E-state index is 12.7. The van der Waals surface area contributed by atoms with Crippen LogP contribution < -0.4 is 4.74 Å². The summed E-state index contributed by atoms with van der Waals surface area (Å²) in [6, 6.07) is 5.48. The third-order valence-corrected chi connectivity index (χ3v) is 5.85. The van der Waals surface area contributed by atoms with E-state index in [1.54, 1.807) is 13.3 Å². The molecule has 5 rings (SSSR count). The Morgan fingerprint density at radius 2 is 1.79 bits per heavy atom. The second-order valence-corrected chi connectivity index (χ2v) is 7.32. The number of imide groups is 1. The number of rotatable bonds is 3. The molecule has 0 N–H and O–H groups in total. The monoisotopic (exact) mass is 388 g/mol. The van der Waals surface area contributed by atoms with Crippen molar-refractivity contribution in [3.8, 4) is 5.75 Å². The van der Waals surface area contributed by atoms with Crippen molar-refractivity contribution in [1.82, 2.24) is 5.01 Å². The van der Waals surface area contributed by atoms with E-state index >= 15 is 0 Å². The summed E-state index contributed by atoms with van der Waals surface area (Å²) in [7, 11) is 1.60. The number of hydrazone groups is 1. The van der Waals surface area contributed by atoms with E-state index in [-0.39, 0.29) is 35.5 Å². The summed E-state index contributed by atoms with van der Waals surface area (Å²) in [4.78, 5) is 25.3. The molecular formula is C18H17BrN2O3. The highest BCUT2D eigenvalue weighted by atomic mass is 79.9. The summed E-state index contributed by atoms with van der Waals surface area (Å²) in [5, 5.41) is 5.27. The number of hydrogen-bond donors (Lipinski definition) is 0. The van der Waals surface area contributed by atoms with Crippen molar-refractivity contribution in [1.29, 1.82) is 0 Å². The van der Waals surface area contributed by atoms with E-state index in [1.807, 2.05) is 18.2 Å². The highest BCUT2D eigenvalue weighted by Crippen LogP contribution is 2.49. The van der Waals surface area contributed by atoms with Gasteiger partial charge < -0.3 is 4.74 Å². The largest absolute Gasteiger partial charge is 0.496 e. The number of hydrogen-bond acceptors (Lipinski definition) is 4. The van der Waals surface area contributed by atoms with Crippen molar-refractivity contribution in [3.05, 3.63) is 40.4 Å². The maximum absolute atomic E-state index is 12.7. The molecule has 0 radical (unpaired) electrons. The number of ether oxygens (including phenoxy) is 1. The third kappa shape index (κ3) is 2.32. The molecule has 4 aliphatic rings. The summed E-state index contributed by atoms with van der Waals surface area (Å²) in [6.45, 7) is 0. The number of fused-ring (bicyclic) bond motifs is 1. The second-order valence-electron chi connectivity index (χ2n) is 6.47. The number of allylic oxidation sites excluding steroid dienone is 2. The second kappa shape index (κ2) is 5.84. The molecule has 1 aromatic carbocycles. The van der Waals surface area contributed by atoms with Crippen LogP contribution in [0.25, 0.3) is 0 Å². The van der Waals surface area contributed by atoms with E-state index in [9.17, 15) is 9.59 Å². The predicted molar refractivity (Wildman–Crippen MR) is 92.5 cm³/mol. The molecule has 1 heterocycles. The molecule has 124 valence electrons. The Balaban J connectivity index is 1.58. The Morgan fingerprint density at radius 1 is 1.17 bits per heavy atom. The molecule has 2 amide bonds. The van der Waals surface area contributed by atoms with Gasteiger partial charge in [0.2, 0.25) is 0 Å². The Kier molecular flexibility index (Phi) is 3.79. The van der Waals surface area contributed by atoms with Crippen LogP contribution in [-0.2, 0) is 9.59 Å². The molecule has 0 unspecified atom stereocenters. The average Bonchev–Trinajstić information content (AvgIpc) is 2.87. The van der Waals surface area contributed by atoms with Crippen LogP contribution in [0, 0.1) is 23.7 Å². The first-order valence-electron chi connectivity index (χ1n) is 8.04. The molecule has 0 spiro atoms. The van der Waals surface area contributed by atoms with E-state index in [0.29, 0.717) is 5.75 Å². The molecule has 1 saturated heterocycles. The Hall–Kier alpha value is -1.95. The number of methoxy groups -OCH3 is 1. The lowest BCUT2D eigenvalue weighted by molar-refractivity contribution is -0.140. The Labute approximate surface area is 148 Å². The SMILES string of the molecule is COc1ccc(/C=N\N2C(=O)[C@@H]3[C@@H](C2=O)[C@H]2C=C[C@H]3CC2)cc1Br. The molecule has 2 bridgehead atoms. The van der Waals surface area contributed by atoms with Crippen LogP contribution in [0.15, 0.2) is 39.9 Å². The zero-order valence-electron chi connectivity index (χ0n) is 13.2. The lowest BCUT2D eigenvalue weighted by Gasteiger charge is -2.37. The summed E-state index contributed by atoms with van der Waals surface area (Å²) in [6.07, 6.45) is 7.74. The topological polar surface area (TPSA) is 59.0 Å². The van der Waals surface area contributed by atoms with Gasteiger partial charge >= 0.3 is 0 Å². The van der Waals surface area contributed by atoms with Gasteiger partial charge in [-0.25, -0.2) is 0 Å². The predicted octanol–water partition coefficient (Wildman–Crippen LogP) is 2.99. The van der Waals surface area contributed by atoms with Crippen LogP contribution in [0.3, 0.4) is 0 Å². The minimum atomic E-state index is -0.221. The number of carbonyl (C=O) groups is 2. The van der Waals surface area contributed by atoms with E-state index in [2.05, 4.69) is 33.2 Å². The van der Waals surface area contributed by atoms with Gasteiger partial charge in [0.25, 0.3) is 11.8 Å². The van der Waals surface area contributed by atoms with Crippen molar-refractivity contribution < 1.29 is 14.3 Å². The molecule has 1 aliphatic heterocycles. The van der Waals surface area contributed by atoms with Crippen LogP contribution in [0.2, 0.25) is 0 Å². The van der Waals surface area contributed by atoms with E-state index in [1.165, 1.54) is 0 Å². The van der Waals surface area contributed by atoms with Crippen molar-refractivity contribution in [2.75, 3.05) is 7.11 Å². The molecule has 6 heteroatoms. The Bertz CT molecular complexity index is 742. The van der Waals surface area contributed by atoms with Crippen molar-refractivity contribution >= 4 is 34.0 Å². The van der Waals surface area contributed by atoms with Gasteiger partial charge in [-0.2, -0.15) is 10.1 Å². The molecule has 5 nitrogen and oxygen atoms in total. The molecule has 3 aliphatic carbocycles. The molecule has 4 atom stereocenters. The van der Waals surface area contributed by atoms with Gasteiger partial charge in [-0.15, -0.1) is 0 Å². The first-order chi connectivity index (χ1) is 11.6. The van der Waals surface area contributed by atoms with Crippen molar-refractivity contribution in [2.45, 2.75) is 12.8 Å². The summed E-state index contributed by atoms with van der Waals surface area (Å²) >= 11 is 3.42. The van der Waals surface area contributed by atoms with Gasteiger partial charge in [0.1, 0.15) is 5.75 Å². The molecule has 1 saturated carbocycles. The number of halogens is 1. The fourth-order valence-corrected chi connectivity index (χ4v) is 4.62. The van der Waals surface area contributed by atoms with Gasteiger partial charge in [-0.1, -0.05) is 12.2 Å². The zero-order chi connectivity index (χ0) is 16.8. The van der Waals surface area contributed by atoms with Crippen LogP contribution in [0.4, 0.5) is 0 Å². The number of nitrogens with zero attached hydrogens (tertiary/aromatic N) is 2. The fraction of sp³-hybridized carbons (Fsp3) is 0.389. The highest BCUT2D eigenvalue weighted by molar-refractivity contribution is 9.10. The highest BCUT2D eigenvalue weighted by Gasteiger charge is 2.56. The molecule has 2 fully saturated rings. The van der Waals surface area contributed by atoms with Gasteiger partial charge in [-0.3, -0.25) is 9.59 Å². The first kappa shape index (κ1) is 15.6. The van der Waals surface area contributed by atoms with E-state index < -0.39 is 0 Å². The smallest absolute Gasteiger partial charge is 0.254 e. The zero-order valence-corrected chi connectivity index (χ0v) is 14.8. The van der Waals surface area contributed by atoms with Crippen LogP contribution in [0.5, 0.6) is 5.75 Å². The van der Waals surface area contributed by atoms with E-state index in [4.69, 9.17) is 4.74 Å². The number of amides is 2. The minimum Gasteiger partial charge on any atom is -0.496 e. The molecule has 1 aromatic rings. The lowest BCUT2D eigenvalue weighted by atomic mass is 9.63. The van der Waals surface area contributed by atoms with E-state index in [0.717, 1.165) is 27.9 Å². The van der Waals surface area contributed by atoms with Crippen LogP contribution in [-0.4, -0.2) is 30.1 Å². The summed E-state index contributed by atoms with van der Waals surface area (Å²) in [5.74, 6) is 0.329. The Morgan fingerprint density at radius 3 is 2.29 bits per heavy atom. The first-order valence-corrected chi connectivity index (χ1v) is 8.83. The van der Waals surface area contributed by atoms with Crippen LogP contribution >= 0.6 is 15.9 Å². The summed E-state index contributed by atoms with van der Waals surface area (Å²) in [5.41, 5.74) is 0.791. The van der Waals surface area contributed by atoms with Gasteiger partial charge in [0, 0.05) is 0 Å². The van der Waals surface area contributed by atoms with Gasteiger partial charge in [0.05, 0.1) is 29.6 Å². The number of carbonyl (C=O) groups excluding carboxylic acids is 2. The lowest BCUT2D eigenvalue weighted by Crippen LogP contribution is -2.38. The number of benzene rings is 1. The molecular weight excluding hydrogens is 372 g/mol. The maximum Gasteiger partial charge on any atom is 0.254 e. The molecule has 0 aromatic heterocycles. The average molecular weight is 389 g/mol. The standard InChI is InChI=1S/C18H17BrN2O3/c1-24-14-7-2-10(8-13(14)19)9-20-21-17(22)15-11-3-4-12(6-5-11)16(15)18(21)23/h2-4,7-9,11-12,15-16H,5-6H2,1H3/b20-9-/t11-,12-,15-,16-/m0/s1. The normalized spacial score (nSPS) is 31.2. The minimum absolute atomic E-state index is 0.159. The van der Waals surface area contributed by atoms with Crippen molar-refractivity contribution in [2.24, 2.45) is 28.8 Å². The quantitative estimate of drug-likeness (QED) is 0.454. The van der Waals surface area contributed by atoms with Crippen molar-refractivity contribution in [3.63, 3.8) is 0 Å². The fourth-order valence-electron chi connectivity index (χ4n) is 4.06. The summed E-state index contributed by atoms with van der Waals surface area (Å²) < 4.78 is 5.99. The van der Waals surface area contributed by atoms with Crippen LogP contribution in [0.1, 0.15) is 18.4 Å².